The standard InChI is InChI=1S/C13H21N3O2/c1-13(2,16-5-7-18-8-6-16)12(17)10-9-15-4-3-11(10)14/h3-4,9,12,17H,5-8H2,1-2H3,(H2,14,15). The zero-order valence-corrected chi connectivity index (χ0v) is 11.0. The number of ether oxygens (including phenoxy) is 1. The van der Waals surface area contributed by atoms with Gasteiger partial charge >= 0.3 is 0 Å². The van der Waals surface area contributed by atoms with Crippen LogP contribution in [0.3, 0.4) is 0 Å². The maximum absolute atomic E-state index is 10.6. The van der Waals surface area contributed by atoms with Gasteiger partial charge in [-0.3, -0.25) is 9.88 Å². The Morgan fingerprint density at radius 2 is 2.11 bits per heavy atom. The lowest BCUT2D eigenvalue weighted by Gasteiger charge is -2.43. The van der Waals surface area contributed by atoms with Crippen molar-refractivity contribution in [2.75, 3.05) is 32.0 Å². The molecule has 0 aliphatic carbocycles. The van der Waals surface area contributed by atoms with Crippen LogP contribution in [0.1, 0.15) is 25.5 Å². The third-order valence-electron chi connectivity index (χ3n) is 3.68. The summed E-state index contributed by atoms with van der Waals surface area (Å²) in [5.74, 6) is 0. The maximum atomic E-state index is 10.6. The highest BCUT2D eigenvalue weighted by Gasteiger charge is 2.36. The molecule has 1 atom stereocenters. The van der Waals surface area contributed by atoms with E-state index in [0.29, 0.717) is 24.5 Å². The molecule has 2 rings (SSSR count). The maximum Gasteiger partial charge on any atom is 0.100 e. The lowest BCUT2D eigenvalue weighted by Crippen LogP contribution is -2.53. The van der Waals surface area contributed by atoms with Crippen molar-refractivity contribution in [2.45, 2.75) is 25.5 Å². The molecule has 1 aliphatic heterocycles. The van der Waals surface area contributed by atoms with Gasteiger partial charge in [0.25, 0.3) is 0 Å². The molecule has 1 aromatic rings. The molecule has 1 fully saturated rings. The van der Waals surface area contributed by atoms with Crippen molar-refractivity contribution in [1.29, 1.82) is 0 Å². The summed E-state index contributed by atoms with van der Waals surface area (Å²) in [5, 5.41) is 10.6. The quantitative estimate of drug-likeness (QED) is 0.831. The Bertz CT molecular complexity index is 403. The number of nitrogen functional groups attached to an aromatic ring is 1. The van der Waals surface area contributed by atoms with E-state index in [4.69, 9.17) is 10.5 Å². The Morgan fingerprint density at radius 1 is 1.44 bits per heavy atom. The minimum Gasteiger partial charge on any atom is -0.398 e. The number of hydrogen-bond acceptors (Lipinski definition) is 5. The average Bonchev–Trinajstić information content (AvgIpc) is 2.39. The molecule has 2 heterocycles. The molecule has 5 nitrogen and oxygen atoms in total. The van der Waals surface area contributed by atoms with Crippen molar-refractivity contribution < 1.29 is 9.84 Å². The first-order valence-electron chi connectivity index (χ1n) is 6.23. The Morgan fingerprint density at radius 3 is 2.72 bits per heavy atom. The smallest absolute Gasteiger partial charge is 0.100 e. The average molecular weight is 251 g/mol. The number of rotatable bonds is 3. The number of aliphatic hydroxyl groups excluding tert-OH is 1. The lowest BCUT2D eigenvalue weighted by molar-refractivity contribution is -0.0629. The summed E-state index contributed by atoms with van der Waals surface area (Å²) in [6, 6.07) is 1.72. The van der Waals surface area contributed by atoms with Crippen LogP contribution in [0.25, 0.3) is 0 Å². The molecule has 5 heteroatoms. The van der Waals surface area contributed by atoms with Gasteiger partial charge in [-0.2, -0.15) is 0 Å². The number of nitrogens with two attached hydrogens (primary N) is 1. The van der Waals surface area contributed by atoms with Crippen LogP contribution in [0.15, 0.2) is 18.5 Å². The van der Waals surface area contributed by atoms with Crippen LogP contribution in [0.4, 0.5) is 5.69 Å². The second kappa shape index (κ2) is 5.22. The van der Waals surface area contributed by atoms with Crippen LogP contribution in [-0.2, 0) is 4.74 Å². The van der Waals surface area contributed by atoms with E-state index in [1.807, 2.05) is 13.8 Å². The Balaban J connectivity index is 2.20. The van der Waals surface area contributed by atoms with E-state index in [2.05, 4.69) is 9.88 Å². The van der Waals surface area contributed by atoms with Gasteiger partial charge in [0.05, 0.1) is 13.2 Å². The predicted molar refractivity (Wildman–Crippen MR) is 70.1 cm³/mol. The number of aromatic nitrogens is 1. The van der Waals surface area contributed by atoms with Gasteiger partial charge in [0, 0.05) is 42.3 Å². The molecule has 18 heavy (non-hydrogen) atoms. The van der Waals surface area contributed by atoms with Crippen LogP contribution < -0.4 is 5.73 Å². The zero-order valence-electron chi connectivity index (χ0n) is 11.0. The van der Waals surface area contributed by atoms with E-state index in [9.17, 15) is 5.11 Å². The van der Waals surface area contributed by atoms with Crippen molar-refractivity contribution >= 4 is 5.69 Å². The summed E-state index contributed by atoms with van der Waals surface area (Å²) in [6.45, 7) is 7.11. The third-order valence-corrected chi connectivity index (χ3v) is 3.68. The van der Waals surface area contributed by atoms with E-state index >= 15 is 0 Å². The van der Waals surface area contributed by atoms with Crippen molar-refractivity contribution in [3.05, 3.63) is 24.0 Å². The van der Waals surface area contributed by atoms with E-state index in [1.54, 1.807) is 18.5 Å². The van der Waals surface area contributed by atoms with Gasteiger partial charge in [-0.25, -0.2) is 0 Å². The van der Waals surface area contributed by atoms with Crippen LogP contribution >= 0.6 is 0 Å². The first-order chi connectivity index (χ1) is 8.53. The highest BCUT2D eigenvalue weighted by Crippen LogP contribution is 2.33. The van der Waals surface area contributed by atoms with Gasteiger partial charge in [-0.15, -0.1) is 0 Å². The largest absolute Gasteiger partial charge is 0.398 e. The molecule has 0 amide bonds. The molecular weight excluding hydrogens is 230 g/mol. The molecule has 0 bridgehead atoms. The van der Waals surface area contributed by atoms with Crippen LogP contribution in [-0.4, -0.2) is 46.8 Å². The van der Waals surface area contributed by atoms with Crippen LogP contribution in [0, 0.1) is 0 Å². The van der Waals surface area contributed by atoms with Gasteiger partial charge in [-0.1, -0.05) is 0 Å². The highest BCUT2D eigenvalue weighted by molar-refractivity contribution is 5.46. The predicted octanol–water partition coefficient (Wildman–Crippen LogP) is 0.808. The normalized spacial score (nSPS) is 19.7. The number of anilines is 1. The number of pyridine rings is 1. The molecule has 100 valence electrons. The molecule has 0 aromatic carbocycles. The zero-order chi connectivity index (χ0) is 13.2. The van der Waals surface area contributed by atoms with Gasteiger partial charge < -0.3 is 15.6 Å². The van der Waals surface area contributed by atoms with Gasteiger partial charge in [0.1, 0.15) is 6.10 Å². The van der Waals surface area contributed by atoms with Gasteiger partial charge in [0.2, 0.25) is 0 Å². The number of hydrogen-bond donors (Lipinski definition) is 2. The van der Waals surface area contributed by atoms with E-state index < -0.39 is 6.10 Å². The van der Waals surface area contributed by atoms with Crippen molar-refractivity contribution in [3.63, 3.8) is 0 Å². The lowest BCUT2D eigenvalue weighted by atomic mass is 9.89. The summed E-state index contributed by atoms with van der Waals surface area (Å²) in [4.78, 5) is 6.27. The number of morpholine rings is 1. The Kier molecular flexibility index (Phi) is 3.85. The molecule has 1 saturated heterocycles. The monoisotopic (exact) mass is 251 g/mol. The molecule has 0 spiro atoms. The second-order valence-corrected chi connectivity index (χ2v) is 5.16. The summed E-state index contributed by atoms with van der Waals surface area (Å²) in [7, 11) is 0. The minimum absolute atomic E-state index is 0.388. The van der Waals surface area contributed by atoms with E-state index in [-0.39, 0.29) is 5.54 Å². The van der Waals surface area contributed by atoms with E-state index in [0.717, 1.165) is 13.1 Å². The number of nitrogens with zero attached hydrogens (tertiary/aromatic N) is 2. The molecular formula is C13H21N3O2. The summed E-state index contributed by atoms with van der Waals surface area (Å²) in [6.07, 6.45) is 2.61. The molecule has 1 aliphatic rings. The second-order valence-electron chi connectivity index (χ2n) is 5.16. The molecule has 1 unspecified atom stereocenters. The topological polar surface area (TPSA) is 71.6 Å². The van der Waals surface area contributed by atoms with Crippen molar-refractivity contribution in [1.82, 2.24) is 9.88 Å². The first kappa shape index (κ1) is 13.3. The molecule has 0 saturated carbocycles. The Labute approximate surface area is 108 Å². The fraction of sp³-hybridized carbons (Fsp3) is 0.615. The molecule has 3 N–H and O–H groups in total. The summed E-state index contributed by atoms with van der Waals surface area (Å²) >= 11 is 0. The van der Waals surface area contributed by atoms with Crippen molar-refractivity contribution in [2.24, 2.45) is 0 Å². The van der Waals surface area contributed by atoms with Gasteiger partial charge in [0.15, 0.2) is 0 Å². The first-order valence-corrected chi connectivity index (χ1v) is 6.23. The highest BCUT2D eigenvalue weighted by atomic mass is 16.5. The van der Waals surface area contributed by atoms with Crippen molar-refractivity contribution in [3.8, 4) is 0 Å². The van der Waals surface area contributed by atoms with E-state index in [1.165, 1.54) is 0 Å². The van der Waals surface area contributed by atoms with Crippen LogP contribution in [0.5, 0.6) is 0 Å². The summed E-state index contributed by atoms with van der Waals surface area (Å²) < 4.78 is 5.34. The fourth-order valence-electron chi connectivity index (χ4n) is 2.34. The number of aliphatic hydroxyl groups is 1. The minimum atomic E-state index is -0.663. The van der Waals surface area contributed by atoms with Gasteiger partial charge in [-0.05, 0) is 19.9 Å². The fourth-order valence-corrected chi connectivity index (χ4v) is 2.34. The SMILES string of the molecule is CC(C)(C(O)c1cnccc1N)N1CCOCC1. The Hall–Kier alpha value is -1.17. The molecule has 0 radical (unpaired) electrons. The summed E-state index contributed by atoms with van der Waals surface area (Å²) in [5.41, 5.74) is 6.79. The third kappa shape index (κ3) is 2.48. The van der Waals surface area contributed by atoms with Crippen LogP contribution in [0.2, 0.25) is 0 Å². The molecule has 1 aromatic heterocycles.